The lowest BCUT2D eigenvalue weighted by atomic mass is 9.74. The smallest absolute Gasteiger partial charge is 0.0484 e. The normalized spacial score (nSPS) is 25.3. The summed E-state index contributed by atoms with van der Waals surface area (Å²) in [6.07, 6.45) is 7.96. The fourth-order valence-electron chi connectivity index (χ4n) is 3.24. The Hall–Kier alpha value is -1.28. The molecule has 0 bridgehead atoms. The highest BCUT2D eigenvalue weighted by Crippen LogP contribution is 2.47. The second kappa shape index (κ2) is 2.69. The fourth-order valence-corrected chi connectivity index (χ4v) is 4.33. The lowest BCUT2D eigenvalue weighted by Crippen LogP contribution is -2.32. The van der Waals surface area contributed by atoms with Crippen LogP contribution in [0, 0.1) is 0 Å². The van der Waals surface area contributed by atoms with E-state index in [1.54, 1.807) is 4.88 Å². The highest BCUT2D eigenvalue weighted by Gasteiger charge is 2.40. The second-order valence-corrected chi connectivity index (χ2v) is 5.88. The Balaban J connectivity index is 2.10. The average Bonchev–Trinajstić information content (AvgIpc) is 2.87. The molecular weight excluding hydrogens is 214 g/mol. The molecule has 0 spiro atoms. The predicted molar refractivity (Wildman–Crippen MR) is 68.0 cm³/mol. The number of allylic oxidation sites excluding steroid dienone is 1. The van der Waals surface area contributed by atoms with Gasteiger partial charge in [-0.15, -0.1) is 11.3 Å². The Bertz CT molecular complexity index is 602. The summed E-state index contributed by atoms with van der Waals surface area (Å²) < 4.78 is 2.42. The fraction of sp³-hybridized carbons (Fsp3) is 0.286. The van der Waals surface area contributed by atoms with E-state index in [1.165, 1.54) is 16.8 Å². The van der Waals surface area contributed by atoms with Crippen LogP contribution < -0.4 is 0 Å². The molecule has 16 heavy (non-hydrogen) atoms. The summed E-state index contributed by atoms with van der Waals surface area (Å²) in [4.78, 5) is 1.57. The summed E-state index contributed by atoms with van der Waals surface area (Å²) >= 11 is 1.92. The Labute approximate surface area is 99.0 Å². The number of fused-ring (bicyclic) bond motifs is 2. The lowest BCUT2D eigenvalue weighted by molar-refractivity contribution is 0.499. The van der Waals surface area contributed by atoms with Gasteiger partial charge in [-0.05, 0) is 42.0 Å². The first kappa shape index (κ1) is 8.82. The number of thiophene rings is 1. The van der Waals surface area contributed by atoms with Gasteiger partial charge in [-0.2, -0.15) is 0 Å². The van der Waals surface area contributed by atoms with Crippen LogP contribution >= 0.6 is 11.3 Å². The van der Waals surface area contributed by atoms with Gasteiger partial charge in [0.2, 0.25) is 0 Å². The third-order valence-electron chi connectivity index (χ3n) is 3.93. The molecule has 2 aromatic heterocycles. The molecule has 80 valence electrons. The summed E-state index contributed by atoms with van der Waals surface area (Å²) in [6.45, 7) is 3.44. The van der Waals surface area contributed by atoms with Gasteiger partial charge in [0.1, 0.15) is 0 Å². The highest BCUT2D eigenvalue weighted by atomic mass is 32.1. The molecule has 0 N–H and O–H groups in total. The van der Waals surface area contributed by atoms with E-state index >= 15 is 0 Å². The molecular formula is C14H13NS. The molecule has 0 saturated carbocycles. The van der Waals surface area contributed by atoms with Crippen molar-refractivity contribution in [2.45, 2.75) is 25.3 Å². The maximum absolute atomic E-state index is 2.42. The van der Waals surface area contributed by atoms with Crippen LogP contribution in [0.15, 0.2) is 29.8 Å². The van der Waals surface area contributed by atoms with Crippen molar-refractivity contribution >= 4 is 17.4 Å². The topological polar surface area (TPSA) is 4.93 Å². The minimum absolute atomic E-state index is 0.218. The zero-order valence-electron chi connectivity index (χ0n) is 9.23. The number of aromatic nitrogens is 1. The molecule has 0 saturated heterocycles. The molecule has 2 aliphatic rings. The van der Waals surface area contributed by atoms with Crippen molar-refractivity contribution in [1.82, 2.24) is 4.57 Å². The third kappa shape index (κ3) is 0.874. The van der Waals surface area contributed by atoms with E-state index in [9.17, 15) is 0 Å². The van der Waals surface area contributed by atoms with Crippen LogP contribution in [0.2, 0.25) is 0 Å². The van der Waals surface area contributed by atoms with Crippen LogP contribution in [0.5, 0.6) is 0 Å². The Morgan fingerprint density at radius 1 is 1.38 bits per heavy atom. The summed E-state index contributed by atoms with van der Waals surface area (Å²) in [7, 11) is 0. The molecule has 2 aromatic rings. The number of hydrogen-bond acceptors (Lipinski definition) is 1. The van der Waals surface area contributed by atoms with Crippen molar-refractivity contribution in [3.63, 3.8) is 0 Å². The monoisotopic (exact) mass is 227 g/mol. The zero-order valence-corrected chi connectivity index (χ0v) is 10.1. The van der Waals surface area contributed by atoms with E-state index < -0.39 is 0 Å². The van der Waals surface area contributed by atoms with Crippen molar-refractivity contribution in [3.8, 4) is 0 Å². The molecule has 2 heteroatoms. The minimum Gasteiger partial charge on any atom is -0.346 e. The molecule has 4 rings (SSSR count). The second-order valence-electron chi connectivity index (χ2n) is 4.96. The quantitative estimate of drug-likeness (QED) is 0.647. The maximum atomic E-state index is 2.42. The summed E-state index contributed by atoms with van der Waals surface area (Å²) in [6, 6.07) is 4.53. The van der Waals surface area contributed by atoms with Crippen LogP contribution in [0.3, 0.4) is 0 Å². The molecule has 0 fully saturated rings. The van der Waals surface area contributed by atoms with Crippen LogP contribution in [0.25, 0.3) is 6.08 Å². The zero-order chi connectivity index (χ0) is 10.8. The van der Waals surface area contributed by atoms with Crippen LogP contribution in [0.1, 0.15) is 35.0 Å². The summed E-state index contributed by atoms with van der Waals surface area (Å²) in [5, 5.41) is 2.24. The predicted octanol–water partition coefficient (Wildman–Crippen LogP) is 3.63. The molecule has 0 aromatic carbocycles. The first-order valence-electron chi connectivity index (χ1n) is 5.72. The van der Waals surface area contributed by atoms with E-state index in [0.29, 0.717) is 0 Å². The van der Waals surface area contributed by atoms with Crippen molar-refractivity contribution in [1.29, 1.82) is 0 Å². The lowest BCUT2D eigenvalue weighted by Gasteiger charge is -2.37. The van der Waals surface area contributed by atoms with Gasteiger partial charge in [0, 0.05) is 28.7 Å². The molecule has 0 radical (unpaired) electrons. The Morgan fingerprint density at radius 3 is 3.25 bits per heavy atom. The Morgan fingerprint density at radius 2 is 2.31 bits per heavy atom. The molecule has 0 unspecified atom stereocenters. The molecule has 1 aliphatic heterocycles. The standard InChI is InChI=1S/C14H13NS/c1-14-6-2-3-10-4-7-15(12(10)14)9-11-5-8-16-13(11)14/h2-5,7-8H,6,9H2,1H3/t14-/m0/s1. The van der Waals surface area contributed by atoms with Crippen molar-refractivity contribution in [3.05, 3.63) is 51.5 Å². The SMILES string of the molecule is C[C@]12CC=Cc3ccn(c31)Cc1ccsc12. The average molecular weight is 227 g/mol. The molecule has 1 atom stereocenters. The third-order valence-corrected chi connectivity index (χ3v) is 5.15. The van der Waals surface area contributed by atoms with E-state index in [0.717, 1.165) is 13.0 Å². The molecule has 1 nitrogen and oxygen atoms in total. The number of rotatable bonds is 0. The molecule has 1 aliphatic carbocycles. The van der Waals surface area contributed by atoms with Crippen molar-refractivity contribution in [2.75, 3.05) is 0 Å². The van der Waals surface area contributed by atoms with Crippen LogP contribution in [-0.2, 0) is 12.0 Å². The van der Waals surface area contributed by atoms with Crippen molar-refractivity contribution < 1.29 is 0 Å². The number of nitrogens with zero attached hydrogens (tertiary/aromatic N) is 1. The summed E-state index contributed by atoms with van der Waals surface area (Å²) in [5.74, 6) is 0. The van der Waals surface area contributed by atoms with Gasteiger partial charge in [-0.25, -0.2) is 0 Å². The van der Waals surface area contributed by atoms with Gasteiger partial charge in [0.15, 0.2) is 0 Å². The van der Waals surface area contributed by atoms with Gasteiger partial charge >= 0.3 is 0 Å². The first-order valence-corrected chi connectivity index (χ1v) is 6.60. The van der Waals surface area contributed by atoms with E-state index in [-0.39, 0.29) is 5.41 Å². The van der Waals surface area contributed by atoms with E-state index in [4.69, 9.17) is 0 Å². The van der Waals surface area contributed by atoms with Crippen molar-refractivity contribution in [2.24, 2.45) is 0 Å². The van der Waals surface area contributed by atoms with Gasteiger partial charge in [-0.1, -0.05) is 12.2 Å². The van der Waals surface area contributed by atoms with Gasteiger partial charge < -0.3 is 4.57 Å². The highest BCUT2D eigenvalue weighted by molar-refractivity contribution is 7.10. The van der Waals surface area contributed by atoms with Gasteiger partial charge in [0.05, 0.1) is 0 Å². The van der Waals surface area contributed by atoms with Gasteiger partial charge in [0.25, 0.3) is 0 Å². The molecule has 3 heterocycles. The van der Waals surface area contributed by atoms with Crippen LogP contribution in [0.4, 0.5) is 0 Å². The van der Waals surface area contributed by atoms with E-state index in [1.807, 2.05) is 11.3 Å². The Kier molecular flexibility index (Phi) is 1.48. The minimum atomic E-state index is 0.218. The largest absolute Gasteiger partial charge is 0.346 e. The van der Waals surface area contributed by atoms with Gasteiger partial charge in [-0.3, -0.25) is 0 Å². The molecule has 0 amide bonds. The maximum Gasteiger partial charge on any atom is 0.0484 e. The number of hydrogen-bond donors (Lipinski definition) is 0. The first-order chi connectivity index (χ1) is 7.79. The summed E-state index contributed by atoms with van der Waals surface area (Å²) in [5.41, 5.74) is 4.66. The van der Waals surface area contributed by atoms with E-state index in [2.05, 4.69) is 47.4 Å². The van der Waals surface area contributed by atoms with Crippen LogP contribution in [-0.4, -0.2) is 4.57 Å².